The fourth-order valence-corrected chi connectivity index (χ4v) is 1.91. The zero-order valence-electron chi connectivity index (χ0n) is 9.74. The molecule has 2 nitrogen and oxygen atoms in total. The van der Waals surface area contributed by atoms with E-state index in [4.69, 9.17) is 21.1 Å². The first-order valence-corrected chi connectivity index (χ1v) is 5.60. The molecule has 88 valence electrons. The summed E-state index contributed by atoms with van der Waals surface area (Å²) in [6.07, 6.45) is 0. The van der Waals surface area contributed by atoms with Crippen molar-refractivity contribution in [3.63, 3.8) is 0 Å². The maximum atomic E-state index is 6.10. The molecule has 0 aliphatic rings. The van der Waals surface area contributed by atoms with Crippen molar-refractivity contribution < 1.29 is 9.47 Å². The number of benzene rings is 2. The first-order chi connectivity index (χ1) is 8.24. The molecule has 0 aliphatic carbocycles. The van der Waals surface area contributed by atoms with Gasteiger partial charge in [0.05, 0.1) is 19.2 Å². The van der Waals surface area contributed by atoms with Crippen LogP contribution in [0.4, 0.5) is 0 Å². The first-order valence-electron chi connectivity index (χ1n) is 5.22. The molecule has 0 heterocycles. The predicted octanol–water partition coefficient (Wildman–Crippen LogP) is 4.02. The topological polar surface area (TPSA) is 18.5 Å². The summed E-state index contributed by atoms with van der Waals surface area (Å²) in [4.78, 5) is 0. The summed E-state index contributed by atoms with van der Waals surface area (Å²) in [6.45, 7) is 0. The van der Waals surface area contributed by atoms with Crippen LogP contribution in [0.25, 0.3) is 11.1 Å². The van der Waals surface area contributed by atoms with Crippen LogP contribution in [0.2, 0.25) is 5.02 Å². The van der Waals surface area contributed by atoms with Gasteiger partial charge in [-0.1, -0.05) is 29.8 Å². The van der Waals surface area contributed by atoms with Crippen molar-refractivity contribution in [2.75, 3.05) is 14.2 Å². The molecule has 0 fully saturated rings. The normalized spacial score (nSPS) is 10.1. The average Bonchev–Trinajstić information content (AvgIpc) is 2.38. The maximum Gasteiger partial charge on any atom is 0.137 e. The van der Waals surface area contributed by atoms with Gasteiger partial charge in [0.1, 0.15) is 11.5 Å². The molecular formula is C14H13ClO2. The van der Waals surface area contributed by atoms with Crippen LogP contribution in [-0.4, -0.2) is 14.2 Å². The van der Waals surface area contributed by atoms with Crippen molar-refractivity contribution in [1.29, 1.82) is 0 Å². The fourth-order valence-electron chi connectivity index (χ4n) is 1.65. The molecule has 0 saturated carbocycles. The van der Waals surface area contributed by atoms with Crippen LogP contribution in [0.1, 0.15) is 0 Å². The van der Waals surface area contributed by atoms with Gasteiger partial charge in [0.2, 0.25) is 0 Å². The summed E-state index contributed by atoms with van der Waals surface area (Å²) in [6, 6.07) is 13.6. The summed E-state index contributed by atoms with van der Waals surface area (Å²) in [5, 5.41) is 0.604. The highest BCUT2D eigenvalue weighted by Crippen LogP contribution is 2.31. The molecule has 0 radical (unpaired) electrons. The van der Waals surface area contributed by atoms with Crippen molar-refractivity contribution in [3.8, 4) is 22.6 Å². The van der Waals surface area contributed by atoms with Crippen LogP contribution in [-0.2, 0) is 0 Å². The molecule has 0 aliphatic heterocycles. The van der Waals surface area contributed by atoms with E-state index >= 15 is 0 Å². The lowest BCUT2D eigenvalue weighted by Gasteiger charge is -2.07. The van der Waals surface area contributed by atoms with Crippen LogP contribution >= 0.6 is 11.6 Å². The highest BCUT2D eigenvalue weighted by atomic mass is 35.5. The molecule has 0 aromatic heterocycles. The smallest absolute Gasteiger partial charge is 0.137 e. The summed E-state index contributed by atoms with van der Waals surface area (Å²) in [5.74, 6) is 1.51. The lowest BCUT2D eigenvalue weighted by Crippen LogP contribution is -1.86. The fraction of sp³-hybridized carbons (Fsp3) is 0.143. The average molecular weight is 249 g/mol. The zero-order chi connectivity index (χ0) is 12.3. The Morgan fingerprint density at radius 2 is 1.65 bits per heavy atom. The summed E-state index contributed by atoms with van der Waals surface area (Å²) in [7, 11) is 3.26. The van der Waals surface area contributed by atoms with Gasteiger partial charge >= 0.3 is 0 Å². The van der Waals surface area contributed by atoms with Crippen molar-refractivity contribution in [2.24, 2.45) is 0 Å². The SMILES string of the molecule is COc1cccc(-c2ccc(OC)c(Cl)c2)c1. The highest BCUT2D eigenvalue weighted by molar-refractivity contribution is 6.32. The number of ether oxygens (including phenoxy) is 2. The molecule has 0 amide bonds. The van der Waals surface area contributed by atoms with Crippen molar-refractivity contribution >= 4 is 11.6 Å². The van der Waals surface area contributed by atoms with Crippen molar-refractivity contribution in [3.05, 3.63) is 47.5 Å². The van der Waals surface area contributed by atoms with E-state index in [9.17, 15) is 0 Å². The summed E-state index contributed by atoms with van der Waals surface area (Å²) >= 11 is 6.10. The van der Waals surface area contributed by atoms with E-state index in [2.05, 4.69) is 0 Å². The molecule has 0 spiro atoms. The Kier molecular flexibility index (Phi) is 3.55. The van der Waals surface area contributed by atoms with Gasteiger partial charge < -0.3 is 9.47 Å². The van der Waals surface area contributed by atoms with Gasteiger partial charge in [-0.2, -0.15) is 0 Å². The molecule has 2 aromatic carbocycles. The Balaban J connectivity index is 2.42. The zero-order valence-corrected chi connectivity index (χ0v) is 10.5. The second kappa shape index (κ2) is 5.11. The van der Waals surface area contributed by atoms with Gasteiger partial charge in [0.15, 0.2) is 0 Å². The van der Waals surface area contributed by atoms with E-state index in [1.54, 1.807) is 14.2 Å². The Hall–Kier alpha value is -1.67. The number of halogens is 1. The number of methoxy groups -OCH3 is 2. The standard InChI is InChI=1S/C14H13ClO2/c1-16-12-5-3-4-10(8-12)11-6-7-14(17-2)13(15)9-11/h3-9H,1-2H3. The van der Waals surface area contributed by atoms with Crippen LogP contribution in [0, 0.1) is 0 Å². The van der Waals surface area contributed by atoms with Gasteiger partial charge in [-0.25, -0.2) is 0 Å². The van der Waals surface area contributed by atoms with E-state index < -0.39 is 0 Å². The van der Waals surface area contributed by atoms with E-state index in [0.717, 1.165) is 16.9 Å². The minimum absolute atomic E-state index is 0.604. The second-order valence-corrected chi connectivity index (χ2v) is 3.99. The molecule has 17 heavy (non-hydrogen) atoms. The highest BCUT2D eigenvalue weighted by Gasteiger charge is 2.04. The Morgan fingerprint density at radius 1 is 0.882 bits per heavy atom. The van der Waals surface area contributed by atoms with Crippen LogP contribution in [0.5, 0.6) is 11.5 Å². The molecule has 0 N–H and O–H groups in total. The van der Waals surface area contributed by atoms with E-state index in [0.29, 0.717) is 10.8 Å². The molecule has 0 unspecified atom stereocenters. The molecule has 2 rings (SSSR count). The van der Waals surface area contributed by atoms with Crippen molar-refractivity contribution in [1.82, 2.24) is 0 Å². The first kappa shape index (κ1) is 11.8. The number of rotatable bonds is 3. The summed E-state index contributed by atoms with van der Waals surface area (Å²) < 4.78 is 10.3. The van der Waals surface area contributed by atoms with Crippen LogP contribution in [0.3, 0.4) is 0 Å². The molecule has 2 aromatic rings. The maximum absolute atomic E-state index is 6.10. The van der Waals surface area contributed by atoms with Crippen LogP contribution < -0.4 is 9.47 Å². The van der Waals surface area contributed by atoms with E-state index in [1.165, 1.54) is 0 Å². The minimum Gasteiger partial charge on any atom is -0.497 e. The van der Waals surface area contributed by atoms with Gasteiger partial charge in [-0.3, -0.25) is 0 Å². The molecule has 3 heteroatoms. The van der Waals surface area contributed by atoms with Gasteiger partial charge in [0, 0.05) is 0 Å². The third-order valence-electron chi connectivity index (χ3n) is 2.55. The third-order valence-corrected chi connectivity index (χ3v) is 2.85. The predicted molar refractivity (Wildman–Crippen MR) is 70.0 cm³/mol. The van der Waals surface area contributed by atoms with E-state index in [-0.39, 0.29) is 0 Å². The van der Waals surface area contributed by atoms with Gasteiger partial charge in [-0.15, -0.1) is 0 Å². The largest absolute Gasteiger partial charge is 0.497 e. The lowest BCUT2D eigenvalue weighted by molar-refractivity contribution is 0.415. The Bertz CT molecular complexity index is 523. The quantitative estimate of drug-likeness (QED) is 0.817. The minimum atomic E-state index is 0.604. The summed E-state index contributed by atoms with van der Waals surface area (Å²) in [5.41, 5.74) is 2.10. The number of hydrogen-bond donors (Lipinski definition) is 0. The van der Waals surface area contributed by atoms with E-state index in [1.807, 2.05) is 42.5 Å². The Morgan fingerprint density at radius 3 is 2.29 bits per heavy atom. The molecule has 0 saturated heterocycles. The van der Waals surface area contributed by atoms with Crippen molar-refractivity contribution in [2.45, 2.75) is 0 Å². The molecule has 0 bridgehead atoms. The van der Waals surface area contributed by atoms with Gasteiger partial charge in [-0.05, 0) is 35.4 Å². The monoisotopic (exact) mass is 248 g/mol. The second-order valence-electron chi connectivity index (χ2n) is 3.58. The Labute approximate surface area is 106 Å². The van der Waals surface area contributed by atoms with Gasteiger partial charge in [0.25, 0.3) is 0 Å². The molecule has 0 atom stereocenters. The van der Waals surface area contributed by atoms with Crippen LogP contribution in [0.15, 0.2) is 42.5 Å². The lowest BCUT2D eigenvalue weighted by atomic mass is 10.1. The molecular weight excluding hydrogens is 236 g/mol. The third kappa shape index (κ3) is 2.53. The number of hydrogen-bond acceptors (Lipinski definition) is 2.